The van der Waals surface area contributed by atoms with Crippen molar-refractivity contribution in [3.05, 3.63) is 46.2 Å². The summed E-state index contributed by atoms with van der Waals surface area (Å²) in [6, 6.07) is 9.52. The first-order valence-electron chi connectivity index (χ1n) is 6.49. The number of nitrogens with one attached hydrogen (secondary N) is 1. The second-order valence-corrected chi connectivity index (χ2v) is 5.50. The van der Waals surface area contributed by atoms with E-state index in [1.165, 1.54) is 10.9 Å². The summed E-state index contributed by atoms with van der Waals surface area (Å²) in [5.41, 5.74) is 0.720. The van der Waals surface area contributed by atoms with Crippen LogP contribution in [0.2, 0.25) is 0 Å². The number of hydrogen-bond acceptors (Lipinski definition) is 4. The van der Waals surface area contributed by atoms with E-state index < -0.39 is 0 Å². The van der Waals surface area contributed by atoms with Crippen LogP contribution < -0.4 is 5.32 Å². The van der Waals surface area contributed by atoms with Crippen LogP contribution in [-0.2, 0) is 6.54 Å². The predicted molar refractivity (Wildman–Crippen MR) is 78.6 cm³/mol. The Bertz CT molecular complexity index is 511. The van der Waals surface area contributed by atoms with Gasteiger partial charge in [0.1, 0.15) is 0 Å². The fraction of sp³-hybridized carbons (Fsp3) is 0.333. The van der Waals surface area contributed by atoms with Crippen molar-refractivity contribution in [3.63, 3.8) is 0 Å². The molecule has 0 saturated heterocycles. The first kappa shape index (κ1) is 13.9. The number of rotatable bonds is 6. The van der Waals surface area contributed by atoms with Gasteiger partial charge in [-0.2, -0.15) is 0 Å². The number of phenols is 2. The molecule has 1 aromatic carbocycles. The number of aromatic hydroxyl groups is 2. The molecule has 2 rings (SSSR count). The van der Waals surface area contributed by atoms with Gasteiger partial charge in [0.25, 0.3) is 0 Å². The Morgan fingerprint density at radius 3 is 2.74 bits per heavy atom. The molecule has 0 aliphatic carbocycles. The summed E-state index contributed by atoms with van der Waals surface area (Å²) in [7, 11) is 0. The van der Waals surface area contributed by atoms with E-state index in [9.17, 15) is 10.2 Å². The Hall–Kier alpha value is -1.52. The van der Waals surface area contributed by atoms with E-state index >= 15 is 0 Å². The lowest BCUT2D eigenvalue weighted by Crippen LogP contribution is -2.20. The maximum absolute atomic E-state index is 9.78. The lowest BCUT2D eigenvalue weighted by atomic mass is 10.1. The van der Waals surface area contributed by atoms with Crippen LogP contribution in [0.3, 0.4) is 0 Å². The van der Waals surface area contributed by atoms with E-state index in [0.717, 1.165) is 18.4 Å². The lowest BCUT2D eigenvalue weighted by Gasteiger charge is -2.17. The van der Waals surface area contributed by atoms with Crippen LogP contribution in [0.4, 0.5) is 0 Å². The highest BCUT2D eigenvalue weighted by Gasteiger charge is 2.12. The van der Waals surface area contributed by atoms with Crippen molar-refractivity contribution in [2.24, 2.45) is 0 Å². The smallest absolute Gasteiger partial charge is 0.161 e. The van der Waals surface area contributed by atoms with Gasteiger partial charge in [-0.05, 0) is 23.9 Å². The van der Waals surface area contributed by atoms with Gasteiger partial charge in [-0.25, -0.2) is 0 Å². The Morgan fingerprint density at radius 1 is 1.21 bits per heavy atom. The van der Waals surface area contributed by atoms with Crippen molar-refractivity contribution in [1.82, 2.24) is 5.32 Å². The molecule has 0 fully saturated rings. The summed E-state index contributed by atoms with van der Waals surface area (Å²) in [5, 5.41) is 24.8. The third-order valence-electron chi connectivity index (χ3n) is 3.10. The van der Waals surface area contributed by atoms with Crippen molar-refractivity contribution >= 4 is 11.3 Å². The molecule has 1 atom stereocenters. The molecule has 0 saturated carbocycles. The van der Waals surface area contributed by atoms with Crippen LogP contribution in [0.5, 0.6) is 11.5 Å². The zero-order valence-electron chi connectivity index (χ0n) is 11.0. The molecule has 2 aromatic rings. The molecular formula is C15H19NO2S. The van der Waals surface area contributed by atoms with E-state index in [1.807, 2.05) is 6.07 Å². The van der Waals surface area contributed by atoms with E-state index in [4.69, 9.17) is 0 Å². The maximum atomic E-state index is 9.78. The van der Waals surface area contributed by atoms with Gasteiger partial charge in [0, 0.05) is 23.0 Å². The van der Waals surface area contributed by atoms with Gasteiger partial charge < -0.3 is 15.5 Å². The Kier molecular flexibility index (Phi) is 4.82. The molecule has 19 heavy (non-hydrogen) atoms. The number of benzene rings is 1. The standard InChI is InChI=1S/C15H19NO2S/c1-2-5-12(14-8-4-9-19-14)16-10-11-6-3-7-13(17)15(11)18/h3-4,6-9,12,16-18H,2,5,10H2,1H3. The highest BCUT2D eigenvalue weighted by atomic mass is 32.1. The second kappa shape index (κ2) is 6.59. The van der Waals surface area contributed by atoms with Gasteiger partial charge in [0.05, 0.1) is 0 Å². The summed E-state index contributed by atoms with van der Waals surface area (Å²) in [5.74, 6) is -0.0982. The number of hydrogen-bond donors (Lipinski definition) is 3. The Morgan fingerprint density at radius 2 is 2.05 bits per heavy atom. The van der Waals surface area contributed by atoms with Crippen LogP contribution >= 0.6 is 11.3 Å². The van der Waals surface area contributed by atoms with Crippen LogP contribution in [0.1, 0.15) is 36.2 Å². The highest BCUT2D eigenvalue weighted by Crippen LogP contribution is 2.29. The summed E-state index contributed by atoms with van der Waals surface area (Å²) in [6.45, 7) is 2.71. The van der Waals surface area contributed by atoms with Crippen molar-refractivity contribution in [2.45, 2.75) is 32.4 Å². The van der Waals surface area contributed by atoms with Gasteiger partial charge in [-0.1, -0.05) is 31.5 Å². The van der Waals surface area contributed by atoms with E-state index in [2.05, 4.69) is 29.8 Å². The average Bonchev–Trinajstić information content (AvgIpc) is 2.93. The zero-order chi connectivity index (χ0) is 13.7. The monoisotopic (exact) mass is 277 g/mol. The van der Waals surface area contributed by atoms with Crippen LogP contribution in [0, 0.1) is 0 Å². The minimum Gasteiger partial charge on any atom is -0.504 e. The first-order valence-corrected chi connectivity index (χ1v) is 7.37. The van der Waals surface area contributed by atoms with Crippen LogP contribution in [0.15, 0.2) is 35.7 Å². The highest BCUT2D eigenvalue weighted by molar-refractivity contribution is 7.10. The van der Waals surface area contributed by atoms with Crippen LogP contribution in [0.25, 0.3) is 0 Å². The van der Waals surface area contributed by atoms with Gasteiger partial charge >= 0.3 is 0 Å². The molecule has 3 N–H and O–H groups in total. The van der Waals surface area contributed by atoms with Crippen LogP contribution in [-0.4, -0.2) is 10.2 Å². The molecule has 0 aliphatic heterocycles. The fourth-order valence-corrected chi connectivity index (χ4v) is 2.91. The predicted octanol–water partition coefficient (Wildman–Crippen LogP) is 3.79. The van der Waals surface area contributed by atoms with Gasteiger partial charge in [0.2, 0.25) is 0 Å². The minimum atomic E-state index is -0.0672. The third kappa shape index (κ3) is 3.49. The molecule has 0 aliphatic rings. The molecule has 3 nitrogen and oxygen atoms in total. The van der Waals surface area contributed by atoms with Gasteiger partial charge in [0.15, 0.2) is 11.5 Å². The molecule has 102 valence electrons. The third-order valence-corrected chi connectivity index (χ3v) is 4.09. The normalized spacial score (nSPS) is 12.5. The molecular weight excluding hydrogens is 258 g/mol. The molecule has 0 amide bonds. The lowest BCUT2D eigenvalue weighted by molar-refractivity contribution is 0.395. The minimum absolute atomic E-state index is 0.0311. The fourth-order valence-electron chi connectivity index (χ4n) is 2.08. The van der Waals surface area contributed by atoms with E-state index in [-0.39, 0.29) is 11.5 Å². The number of para-hydroxylation sites is 1. The summed E-state index contributed by atoms with van der Waals surface area (Å²) < 4.78 is 0. The summed E-state index contributed by atoms with van der Waals surface area (Å²) >= 11 is 1.74. The van der Waals surface area contributed by atoms with Crippen molar-refractivity contribution < 1.29 is 10.2 Å². The average molecular weight is 277 g/mol. The molecule has 4 heteroatoms. The molecule has 1 heterocycles. The largest absolute Gasteiger partial charge is 0.504 e. The SMILES string of the molecule is CCCC(NCc1cccc(O)c1O)c1cccs1. The van der Waals surface area contributed by atoms with E-state index in [0.29, 0.717) is 12.6 Å². The van der Waals surface area contributed by atoms with Crippen molar-refractivity contribution in [2.75, 3.05) is 0 Å². The van der Waals surface area contributed by atoms with Crippen molar-refractivity contribution in [1.29, 1.82) is 0 Å². The Balaban J connectivity index is 2.05. The van der Waals surface area contributed by atoms with E-state index in [1.54, 1.807) is 17.4 Å². The Labute approximate surface area is 117 Å². The molecule has 0 spiro atoms. The van der Waals surface area contributed by atoms with Gasteiger partial charge in [-0.15, -0.1) is 11.3 Å². The second-order valence-electron chi connectivity index (χ2n) is 4.52. The quantitative estimate of drug-likeness (QED) is 0.704. The topological polar surface area (TPSA) is 52.5 Å². The number of phenolic OH excluding ortho intramolecular Hbond substituents is 2. The van der Waals surface area contributed by atoms with Crippen molar-refractivity contribution in [3.8, 4) is 11.5 Å². The zero-order valence-corrected chi connectivity index (χ0v) is 11.8. The number of thiophene rings is 1. The summed E-state index contributed by atoms with van der Waals surface area (Å²) in [4.78, 5) is 1.31. The first-order chi connectivity index (χ1) is 9.22. The summed E-state index contributed by atoms with van der Waals surface area (Å²) in [6.07, 6.45) is 2.15. The molecule has 0 bridgehead atoms. The molecule has 1 unspecified atom stereocenters. The molecule has 1 aromatic heterocycles. The maximum Gasteiger partial charge on any atom is 0.161 e. The van der Waals surface area contributed by atoms with Gasteiger partial charge in [-0.3, -0.25) is 0 Å². The molecule has 0 radical (unpaired) electrons.